The van der Waals surface area contributed by atoms with Crippen molar-refractivity contribution in [3.63, 3.8) is 0 Å². The van der Waals surface area contributed by atoms with Gasteiger partial charge < -0.3 is 5.32 Å². The lowest BCUT2D eigenvalue weighted by Gasteiger charge is -2.46. The van der Waals surface area contributed by atoms with Crippen LogP contribution < -0.4 is 5.32 Å². The lowest BCUT2D eigenvalue weighted by molar-refractivity contribution is 0.0526. The van der Waals surface area contributed by atoms with E-state index < -0.39 is 0 Å². The van der Waals surface area contributed by atoms with Crippen LogP contribution in [0.1, 0.15) is 33.3 Å². The van der Waals surface area contributed by atoms with E-state index in [0.717, 1.165) is 30.2 Å². The topological polar surface area (TPSA) is 15.3 Å². The fraction of sp³-hybridized carbons (Fsp3) is 0.625. The Bertz CT molecular complexity index is 468. The summed E-state index contributed by atoms with van der Waals surface area (Å²) in [7, 11) is 0. The third kappa shape index (κ3) is 3.88. The Morgan fingerprint density at radius 1 is 1.30 bits per heavy atom. The molecule has 2 unspecified atom stereocenters. The summed E-state index contributed by atoms with van der Waals surface area (Å²) < 4.78 is 0. The summed E-state index contributed by atoms with van der Waals surface area (Å²) in [5.41, 5.74) is 1.39. The maximum atomic E-state index is 6.32. The summed E-state index contributed by atoms with van der Waals surface area (Å²) in [5, 5.41) is 5.04. The van der Waals surface area contributed by atoms with Gasteiger partial charge in [0.2, 0.25) is 0 Å². The van der Waals surface area contributed by atoms with Crippen LogP contribution in [0.3, 0.4) is 0 Å². The van der Waals surface area contributed by atoms with Crippen molar-refractivity contribution in [1.29, 1.82) is 0 Å². The lowest BCUT2D eigenvalue weighted by atomic mass is 9.83. The molecule has 0 aromatic heterocycles. The number of benzene rings is 1. The van der Waals surface area contributed by atoms with Gasteiger partial charge in [-0.25, -0.2) is 0 Å². The molecule has 1 saturated heterocycles. The minimum absolute atomic E-state index is 0.242. The Kier molecular flexibility index (Phi) is 5.01. The maximum absolute atomic E-state index is 6.32. The third-order valence-electron chi connectivity index (χ3n) is 4.00. The van der Waals surface area contributed by atoms with Crippen LogP contribution in [0.2, 0.25) is 10.0 Å². The maximum Gasteiger partial charge on any atom is 0.0465 e. The van der Waals surface area contributed by atoms with E-state index in [9.17, 15) is 0 Å². The molecule has 1 heterocycles. The van der Waals surface area contributed by atoms with Gasteiger partial charge in [-0.15, -0.1) is 0 Å². The predicted molar refractivity (Wildman–Crippen MR) is 87.6 cm³/mol. The molecule has 2 rings (SSSR count). The molecule has 1 aliphatic rings. The van der Waals surface area contributed by atoms with Gasteiger partial charge in [0.05, 0.1) is 0 Å². The van der Waals surface area contributed by atoms with Gasteiger partial charge in [0.25, 0.3) is 0 Å². The van der Waals surface area contributed by atoms with Crippen LogP contribution >= 0.6 is 23.2 Å². The molecule has 4 heteroatoms. The quantitative estimate of drug-likeness (QED) is 0.880. The van der Waals surface area contributed by atoms with E-state index in [1.165, 1.54) is 0 Å². The van der Waals surface area contributed by atoms with Gasteiger partial charge in [-0.2, -0.15) is 0 Å². The molecule has 0 amide bonds. The van der Waals surface area contributed by atoms with Crippen molar-refractivity contribution in [3.8, 4) is 0 Å². The third-order valence-corrected chi connectivity index (χ3v) is 4.58. The van der Waals surface area contributed by atoms with E-state index in [4.69, 9.17) is 23.2 Å². The molecular weight excluding hydrogens is 291 g/mol. The SMILES string of the molecule is CC1CN(Cc2ccc(Cl)cc2Cl)C(C(C)(C)C)CN1. The second-order valence-corrected chi connectivity index (χ2v) is 7.70. The molecule has 1 aromatic rings. The van der Waals surface area contributed by atoms with Crippen molar-refractivity contribution in [2.45, 2.75) is 46.3 Å². The minimum atomic E-state index is 0.242. The number of hydrogen-bond donors (Lipinski definition) is 1. The molecule has 1 aliphatic heterocycles. The number of nitrogens with zero attached hydrogens (tertiary/aromatic N) is 1. The number of piperazine rings is 1. The number of rotatable bonds is 2. The summed E-state index contributed by atoms with van der Waals surface area (Å²) in [5.74, 6) is 0. The highest BCUT2D eigenvalue weighted by Crippen LogP contribution is 2.29. The first kappa shape index (κ1) is 16.1. The van der Waals surface area contributed by atoms with Crippen molar-refractivity contribution in [2.75, 3.05) is 13.1 Å². The molecule has 1 aromatic carbocycles. The second-order valence-electron chi connectivity index (χ2n) is 6.86. The zero-order valence-corrected chi connectivity index (χ0v) is 14.2. The van der Waals surface area contributed by atoms with E-state index in [-0.39, 0.29) is 5.41 Å². The van der Waals surface area contributed by atoms with Crippen molar-refractivity contribution in [2.24, 2.45) is 5.41 Å². The predicted octanol–water partition coefficient (Wildman–Crippen LogP) is 4.20. The van der Waals surface area contributed by atoms with Gasteiger partial charge in [0.15, 0.2) is 0 Å². The molecule has 0 radical (unpaired) electrons. The molecule has 1 N–H and O–H groups in total. The fourth-order valence-electron chi connectivity index (χ4n) is 2.88. The molecule has 1 fully saturated rings. The molecule has 20 heavy (non-hydrogen) atoms. The molecule has 0 aliphatic carbocycles. The van der Waals surface area contributed by atoms with Crippen molar-refractivity contribution in [1.82, 2.24) is 10.2 Å². The smallest absolute Gasteiger partial charge is 0.0465 e. The molecule has 0 bridgehead atoms. The summed E-state index contributed by atoms with van der Waals surface area (Å²) in [4.78, 5) is 2.54. The largest absolute Gasteiger partial charge is 0.311 e. The van der Waals surface area contributed by atoms with E-state index in [1.807, 2.05) is 18.2 Å². The first-order valence-electron chi connectivity index (χ1n) is 7.18. The molecule has 0 saturated carbocycles. The van der Waals surface area contributed by atoms with Crippen LogP contribution in [-0.2, 0) is 6.54 Å². The molecule has 112 valence electrons. The molecule has 2 nitrogen and oxygen atoms in total. The minimum Gasteiger partial charge on any atom is -0.311 e. The number of nitrogens with one attached hydrogen (secondary N) is 1. The van der Waals surface area contributed by atoms with Gasteiger partial charge in [-0.05, 0) is 30.0 Å². The first-order valence-corrected chi connectivity index (χ1v) is 7.94. The van der Waals surface area contributed by atoms with E-state index >= 15 is 0 Å². The Morgan fingerprint density at radius 2 is 2.00 bits per heavy atom. The fourth-order valence-corrected chi connectivity index (χ4v) is 3.35. The van der Waals surface area contributed by atoms with Crippen molar-refractivity contribution in [3.05, 3.63) is 33.8 Å². The number of hydrogen-bond acceptors (Lipinski definition) is 2. The van der Waals surface area contributed by atoms with Gasteiger partial charge in [0, 0.05) is 41.8 Å². The van der Waals surface area contributed by atoms with Crippen LogP contribution in [0.25, 0.3) is 0 Å². The molecule has 0 spiro atoms. The standard InChI is InChI=1S/C16H24Cl2N2/c1-11-9-20(15(8-19-11)16(2,3)4)10-12-5-6-13(17)7-14(12)18/h5-7,11,15,19H,8-10H2,1-4H3. The zero-order valence-electron chi connectivity index (χ0n) is 12.7. The summed E-state index contributed by atoms with van der Waals surface area (Å²) in [6.07, 6.45) is 0. The van der Waals surface area contributed by atoms with E-state index in [0.29, 0.717) is 17.1 Å². The Labute approximate surface area is 132 Å². The summed E-state index contributed by atoms with van der Waals surface area (Å²) >= 11 is 12.3. The Balaban J connectivity index is 2.19. The van der Waals surface area contributed by atoms with Gasteiger partial charge in [0.1, 0.15) is 0 Å². The van der Waals surface area contributed by atoms with Crippen LogP contribution in [0.15, 0.2) is 18.2 Å². The lowest BCUT2D eigenvalue weighted by Crippen LogP contribution is -2.59. The first-order chi connectivity index (χ1) is 9.27. The van der Waals surface area contributed by atoms with Crippen molar-refractivity contribution >= 4 is 23.2 Å². The zero-order chi connectivity index (χ0) is 14.9. The Morgan fingerprint density at radius 3 is 2.60 bits per heavy atom. The van der Waals surface area contributed by atoms with E-state index in [2.05, 4.69) is 37.9 Å². The highest BCUT2D eigenvalue weighted by molar-refractivity contribution is 6.35. The highest BCUT2D eigenvalue weighted by Gasteiger charge is 2.34. The number of halogens is 2. The van der Waals surface area contributed by atoms with Crippen LogP contribution in [0.5, 0.6) is 0 Å². The monoisotopic (exact) mass is 314 g/mol. The van der Waals surface area contributed by atoms with Gasteiger partial charge in [-0.3, -0.25) is 4.90 Å². The molecule has 2 atom stereocenters. The van der Waals surface area contributed by atoms with Crippen LogP contribution in [0.4, 0.5) is 0 Å². The van der Waals surface area contributed by atoms with Crippen LogP contribution in [0, 0.1) is 5.41 Å². The molecular formula is C16H24Cl2N2. The van der Waals surface area contributed by atoms with Gasteiger partial charge >= 0.3 is 0 Å². The highest BCUT2D eigenvalue weighted by atomic mass is 35.5. The van der Waals surface area contributed by atoms with Crippen molar-refractivity contribution < 1.29 is 0 Å². The average Bonchev–Trinajstić information content (AvgIpc) is 2.31. The normalized spacial score (nSPS) is 24.9. The second kappa shape index (κ2) is 6.23. The summed E-state index contributed by atoms with van der Waals surface area (Å²) in [6, 6.07) is 6.80. The van der Waals surface area contributed by atoms with E-state index in [1.54, 1.807) is 0 Å². The van der Waals surface area contributed by atoms with Gasteiger partial charge in [-0.1, -0.05) is 50.0 Å². The average molecular weight is 315 g/mol. The Hall–Kier alpha value is -0.280. The summed E-state index contributed by atoms with van der Waals surface area (Å²) in [6.45, 7) is 12.1. The van der Waals surface area contributed by atoms with Crippen LogP contribution in [-0.4, -0.2) is 30.1 Å².